The number of thioether (sulfide) groups is 1. The number of likely N-dealkylation sites (N-methyl/N-ethyl adjacent to an activating group) is 1. The molecule has 1 aliphatic rings. The van der Waals surface area contributed by atoms with Gasteiger partial charge in [0.05, 0.1) is 35.7 Å². The van der Waals surface area contributed by atoms with Gasteiger partial charge in [-0.15, -0.1) is 11.8 Å². The van der Waals surface area contributed by atoms with Gasteiger partial charge in [-0.1, -0.05) is 61.5 Å². The number of benzene rings is 3. The molecule has 1 N–H and O–H groups in total. The number of anilines is 1. The quantitative estimate of drug-likeness (QED) is 0.445. The summed E-state index contributed by atoms with van der Waals surface area (Å²) in [7, 11) is 0. The predicted molar refractivity (Wildman–Crippen MR) is 137 cm³/mol. The van der Waals surface area contributed by atoms with Crippen LogP contribution in [0.15, 0.2) is 88.6 Å². The van der Waals surface area contributed by atoms with Crippen molar-refractivity contribution in [2.75, 3.05) is 23.7 Å². The molecule has 172 valence electrons. The topological polar surface area (TPSA) is 69.3 Å². The SMILES string of the molecule is CCN(CC(=O)N1c2ccccc2SC[C@@H]1c1ccccc1)Cc1nc2ccccc2c(=O)[nH]1. The van der Waals surface area contributed by atoms with Crippen molar-refractivity contribution in [1.82, 2.24) is 14.9 Å². The summed E-state index contributed by atoms with van der Waals surface area (Å²) in [6, 6.07) is 25.5. The van der Waals surface area contributed by atoms with Gasteiger partial charge in [-0.25, -0.2) is 4.98 Å². The van der Waals surface area contributed by atoms with Crippen molar-refractivity contribution in [2.45, 2.75) is 24.4 Å². The van der Waals surface area contributed by atoms with Gasteiger partial charge in [0.1, 0.15) is 5.82 Å². The van der Waals surface area contributed by atoms with E-state index in [1.807, 2.05) is 71.3 Å². The van der Waals surface area contributed by atoms with Crippen LogP contribution in [0.5, 0.6) is 0 Å². The number of rotatable bonds is 6. The zero-order valence-corrected chi connectivity index (χ0v) is 19.8. The molecule has 5 rings (SSSR count). The van der Waals surface area contributed by atoms with Crippen LogP contribution >= 0.6 is 11.8 Å². The van der Waals surface area contributed by atoms with E-state index in [9.17, 15) is 9.59 Å². The van der Waals surface area contributed by atoms with E-state index in [4.69, 9.17) is 0 Å². The molecule has 4 aromatic rings. The molecular weight excluding hydrogens is 444 g/mol. The normalized spacial score (nSPS) is 15.5. The molecule has 0 aliphatic carbocycles. The molecule has 0 fully saturated rings. The van der Waals surface area contributed by atoms with Crippen molar-refractivity contribution in [3.8, 4) is 0 Å². The number of aromatic amines is 1. The first-order valence-electron chi connectivity index (χ1n) is 11.4. The van der Waals surface area contributed by atoms with Gasteiger partial charge in [0.2, 0.25) is 5.91 Å². The summed E-state index contributed by atoms with van der Waals surface area (Å²) in [5.74, 6) is 1.40. The van der Waals surface area contributed by atoms with Crippen molar-refractivity contribution in [3.05, 3.63) is 101 Å². The molecule has 0 bridgehead atoms. The van der Waals surface area contributed by atoms with Gasteiger partial charge in [0, 0.05) is 10.6 Å². The maximum atomic E-state index is 13.8. The second-order valence-electron chi connectivity index (χ2n) is 8.30. The summed E-state index contributed by atoms with van der Waals surface area (Å²) in [6.45, 7) is 3.29. The van der Waals surface area contributed by atoms with E-state index in [1.54, 1.807) is 17.8 Å². The van der Waals surface area contributed by atoms with Crippen LogP contribution in [0.25, 0.3) is 10.9 Å². The van der Waals surface area contributed by atoms with Crippen molar-refractivity contribution in [1.29, 1.82) is 0 Å². The van der Waals surface area contributed by atoms with Gasteiger partial charge in [-0.05, 0) is 36.4 Å². The number of nitrogens with zero attached hydrogens (tertiary/aromatic N) is 3. The second-order valence-corrected chi connectivity index (χ2v) is 9.36. The molecule has 0 saturated heterocycles. The van der Waals surface area contributed by atoms with E-state index in [1.165, 1.54) is 0 Å². The average molecular weight is 471 g/mol. The number of para-hydroxylation sites is 2. The number of aromatic nitrogens is 2. The van der Waals surface area contributed by atoms with Crippen molar-refractivity contribution in [3.63, 3.8) is 0 Å². The molecule has 1 amide bonds. The Kier molecular flexibility index (Phi) is 6.47. The minimum absolute atomic E-state index is 0.0339. The fraction of sp³-hybridized carbons (Fsp3) is 0.222. The molecular formula is C27H26N4O2S. The van der Waals surface area contributed by atoms with Crippen molar-refractivity contribution in [2.24, 2.45) is 0 Å². The summed E-state index contributed by atoms with van der Waals surface area (Å²) >= 11 is 1.79. The first-order valence-corrected chi connectivity index (χ1v) is 12.4. The van der Waals surface area contributed by atoms with Gasteiger partial charge >= 0.3 is 0 Å². The lowest BCUT2D eigenvalue weighted by Gasteiger charge is -2.38. The monoisotopic (exact) mass is 470 g/mol. The highest BCUT2D eigenvalue weighted by Gasteiger charge is 2.33. The lowest BCUT2D eigenvalue weighted by Crippen LogP contribution is -2.44. The van der Waals surface area contributed by atoms with Gasteiger partial charge in [-0.2, -0.15) is 0 Å². The summed E-state index contributed by atoms with van der Waals surface area (Å²) in [4.78, 5) is 38.8. The minimum Gasteiger partial charge on any atom is -0.309 e. The molecule has 3 aromatic carbocycles. The number of fused-ring (bicyclic) bond motifs is 2. The maximum absolute atomic E-state index is 13.8. The zero-order valence-electron chi connectivity index (χ0n) is 19.0. The van der Waals surface area contributed by atoms with Crippen LogP contribution in [0.3, 0.4) is 0 Å². The van der Waals surface area contributed by atoms with Gasteiger partial charge < -0.3 is 9.88 Å². The van der Waals surface area contributed by atoms with Crippen LogP contribution in [0, 0.1) is 0 Å². The van der Waals surface area contributed by atoms with Gasteiger partial charge in [0.25, 0.3) is 5.56 Å². The van der Waals surface area contributed by atoms with E-state index >= 15 is 0 Å². The Balaban J connectivity index is 1.42. The Hall–Kier alpha value is -3.42. The highest BCUT2D eigenvalue weighted by Crippen LogP contribution is 2.43. The molecule has 2 heterocycles. The van der Waals surface area contributed by atoms with Crippen LogP contribution in [0.4, 0.5) is 5.69 Å². The Morgan fingerprint density at radius 3 is 2.62 bits per heavy atom. The molecule has 1 aliphatic heterocycles. The number of carbonyl (C=O) groups excluding carboxylic acids is 1. The number of hydrogen-bond acceptors (Lipinski definition) is 5. The van der Waals surface area contributed by atoms with E-state index < -0.39 is 0 Å². The molecule has 0 radical (unpaired) electrons. The molecule has 0 unspecified atom stereocenters. The highest BCUT2D eigenvalue weighted by atomic mass is 32.2. The third-order valence-corrected chi connectivity index (χ3v) is 7.27. The third-order valence-electron chi connectivity index (χ3n) is 6.13. The summed E-state index contributed by atoms with van der Waals surface area (Å²) < 4.78 is 0. The zero-order chi connectivity index (χ0) is 23.5. The van der Waals surface area contributed by atoms with Crippen LogP contribution in [0.1, 0.15) is 24.4 Å². The molecule has 6 nitrogen and oxygen atoms in total. The summed E-state index contributed by atoms with van der Waals surface area (Å²) in [5, 5.41) is 0.568. The molecule has 7 heteroatoms. The number of nitrogens with one attached hydrogen (secondary N) is 1. The third kappa shape index (κ3) is 4.49. The first kappa shape index (κ1) is 22.4. The minimum atomic E-state index is -0.158. The molecule has 0 saturated carbocycles. The standard InChI is InChI=1S/C27H26N4O2S/c1-2-30(16-25-28-21-13-7-6-12-20(21)27(33)29-25)17-26(32)31-22-14-8-9-15-24(22)34-18-23(31)19-10-4-3-5-11-19/h3-15,23H,2,16-18H2,1H3,(H,28,29,33)/t23-/m1/s1. The predicted octanol–water partition coefficient (Wildman–Crippen LogP) is 4.63. The average Bonchev–Trinajstić information content (AvgIpc) is 2.88. The Bertz CT molecular complexity index is 1370. The highest BCUT2D eigenvalue weighted by molar-refractivity contribution is 7.99. The lowest BCUT2D eigenvalue weighted by atomic mass is 10.1. The number of hydrogen-bond donors (Lipinski definition) is 1. The fourth-order valence-corrected chi connectivity index (χ4v) is 5.55. The van der Waals surface area contributed by atoms with Crippen LogP contribution in [-0.2, 0) is 11.3 Å². The molecule has 1 aromatic heterocycles. The Labute approximate surface area is 202 Å². The number of carbonyl (C=O) groups is 1. The first-order chi connectivity index (χ1) is 16.6. The van der Waals surface area contributed by atoms with Crippen molar-refractivity contribution < 1.29 is 4.79 Å². The molecule has 1 atom stereocenters. The van der Waals surface area contributed by atoms with Crippen molar-refractivity contribution >= 4 is 34.3 Å². The number of H-pyrrole nitrogens is 1. The molecule has 0 spiro atoms. The van der Waals surface area contributed by atoms with Gasteiger partial charge in [-0.3, -0.25) is 14.5 Å². The maximum Gasteiger partial charge on any atom is 0.258 e. The largest absolute Gasteiger partial charge is 0.309 e. The summed E-state index contributed by atoms with van der Waals surface area (Å²) in [5.41, 5.74) is 2.58. The van der Waals surface area contributed by atoms with Crippen LogP contribution in [0.2, 0.25) is 0 Å². The Morgan fingerprint density at radius 1 is 1.06 bits per heavy atom. The van der Waals surface area contributed by atoms with E-state index in [-0.39, 0.29) is 24.1 Å². The van der Waals surface area contributed by atoms with Gasteiger partial charge in [0.15, 0.2) is 0 Å². The van der Waals surface area contributed by atoms with E-state index in [2.05, 4.69) is 28.2 Å². The smallest absolute Gasteiger partial charge is 0.258 e. The van der Waals surface area contributed by atoms with Crippen LogP contribution in [-0.4, -0.2) is 39.6 Å². The molecule has 34 heavy (non-hydrogen) atoms. The summed E-state index contributed by atoms with van der Waals surface area (Å²) in [6.07, 6.45) is 0. The lowest BCUT2D eigenvalue weighted by molar-refractivity contribution is -0.120. The van der Waals surface area contributed by atoms with E-state index in [0.717, 1.165) is 21.9 Å². The fourth-order valence-electron chi connectivity index (χ4n) is 4.39. The Morgan fingerprint density at radius 2 is 1.79 bits per heavy atom. The van der Waals surface area contributed by atoms with E-state index in [0.29, 0.717) is 29.8 Å². The number of amides is 1. The van der Waals surface area contributed by atoms with Crippen LogP contribution < -0.4 is 10.5 Å². The second kappa shape index (κ2) is 9.83.